The molecule has 11 heteroatoms. The van der Waals surface area contributed by atoms with E-state index in [0.29, 0.717) is 17.2 Å². The van der Waals surface area contributed by atoms with Crippen molar-refractivity contribution in [2.75, 3.05) is 25.6 Å². The van der Waals surface area contributed by atoms with Gasteiger partial charge in [0.1, 0.15) is 22.8 Å². The summed E-state index contributed by atoms with van der Waals surface area (Å²) in [6, 6.07) is 3.28. The van der Waals surface area contributed by atoms with Crippen LogP contribution in [-0.2, 0) is 14.4 Å². The van der Waals surface area contributed by atoms with Crippen LogP contribution in [0, 0.1) is 17.8 Å². The van der Waals surface area contributed by atoms with Gasteiger partial charge in [0.2, 0.25) is 5.78 Å². The van der Waals surface area contributed by atoms with Crippen molar-refractivity contribution in [3.63, 3.8) is 0 Å². The Balaban J connectivity index is 1.95. The molecule has 0 aromatic heterocycles. The van der Waals surface area contributed by atoms with E-state index in [1.807, 2.05) is 0 Å². The molecule has 0 saturated heterocycles. The molecule has 0 aliphatic heterocycles. The lowest BCUT2D eigenvalue weighted by Crippen LogP contribution is -2.70. The highest BCUT2D eigenvalue weighted by atomic mass is 32.2. The summed E-state index contributed by atoms with van der Waals surface area (Å²) in [7, 11) is 2.97. The molecule has 206 valence electrons. The molecule has 38 heavy (non-hydrogen) atoms. The first-order valence-corrected chi connectivity index (χ1v) is 13.6. The third-order valence-corrected chi connectivity index (χ3v) is 9.05. The fraction of sp³-hybridized carbons (Fsp3) is 0.519. The van der Waals surface area contributed by atoms with E-state index in [0.717, 1.165) is 12.2 Å². The Kier molecular flexibility index (Phi) is 7.43. The number of carbonyl (C=O) groups excluding carboxylic acids is 3. The SMILES string of the molecule is CC(C)CCSC[C@H]1c2cccc(O)c2C(O)=C2C(=O)[C@]3(O)C(O)=C(C(N)=O)C(=O)[C@@H](N(C)C)C3C(O)C21. The van der Waals surface area contributed by atoms with Gasteiger partial charge >= 0.3 is 0 Å². The van der Waals surface area contributed by atoms with Gasteiger partial charge in [-0.3, -0.25) is 19.3 Å². The molecule has 1 fully saturated rings. The van der Waals surface area contributed by atoms with Crippen molar-refractivity contribution in [1.29, 1.82) is 0 Å². The number of phenols is 1. The molecule has 1 aromatic carbocycles. The van der Waals surface area contributed by atoms with Crippen molar-refractivity contribution < 1.29 is 39.9 Å². The third-order valence-electron chi connectivity index (χ3n) is 7.93. The molecule has 3 unspecified atom stereocenters. The lowest BCUT2D eigenvalue weighted by molar-refractivity contribution is -0.169. The van der Waals surface area contributed by atoms with Gasteiger partial charge in [-0.25, -0.2) is 0 Å². The van der Waals surface area contributed by atoms with Crippen molar-refractivity contribution in [2.24, 2.45) is 23.5 Å². The molecule has 10 nitrogen and oxygen atoms in total. The number of ketones is 2. The number of nitrogens with zero attached hydrogens (tertiary/aromatic N) is 1. The van der Waals surface area contributed by atoms with E-state index in [4.69, 9.17) is 5.73 Å². The van der Waals surface area contributed by atoms with E-state index in [1.54, 1.807) is 23.9 Å². The zero-order chi connectivity index (χ0) is 28.3. The molecule has 4 rings (SSSR count). The van der Waals surface area contributed by atoms with E-state index in [2.05, 4.69) is 13.8 Å². The molecule has 0 bridgehead atoms. The molecule has 3 aliphatic rings. The van der Waals surface area contributed by atoms with E-state index in [9.17, 15) is 39.9 Å². The summed E-state index contributed by atoms with van der Waals surface area (Å²) in [5.74, 6) is -7.11. The zero-order valence-electron chi connectivity index (χ0n) is 21.7. The van der Waals surface area contributed by atoms with Crippen LogP contribution >= 0.6 is 11.8 Å². The minimum atomic E-state index is -2.91. The van der Waals surface area contributed by atoms with Gasteiger partial charge in [0, 0.05) is 23.2 Å². The fourth-order valence-electron chi connectivity index (χ4n) is 6.12. The molecule has 0 spiro atoms. The Morgan fingerprint density at radius 2 is 1.84 bits per heavy atom. The van der Waals surface area contributed by atoms with Gasteiger partial charge in [-0.2, -0.15) is 11.8 Å². The maximum atomic E-state index is 14.1. The number of aliphatic hydroxyl groups is 4. The number of hydrogen-bond donors (Lipinski definition) is 6. The van der Waals surface area contributed by atoms with Crippen molar-refractivity contribution in [3.05, 3.63) is 46.2 Å². The van der Waals surface area contributed by atoms with E-state index >= 15 is 0 Å². The van der Waals surface area contributed by atoms with Crippen LogP contribution in [-0.4, -0.2) is 91.3 Å². The monoisotopic (exact) mass is 546 g/mol. The number of phenolic OH excluding ortho intramolecular Hbond substituents is 1. The van der Waals surface area contributed by atoms with Gasteiger partial charge in [-0.15, -0.1) is 0 Å². The molecule has 6 atom stereocenters. The first-order chi connectivity index (χ1) is 17.8. The number of benzene rings is 1. The number of carbonyl (C=O) groups is 3. The number of likely N-dealkylation sites (N-methyl/N-ethyl adjacent to an activating group) is 1. The van der Waals surface area contributed by atoms with E-state index < -0.39 is 70.1 Å². The summed E-state index contributed by atoms with van der Waals surface area (Å²) in [6.07, 6.45) is -0.674. The van der Waals surface area contributed by atoms with Crippen LogP contribution in [0.1, 0.15) is 37.3 Å². The Bertz CT molecular complexity index is 1260. The van der Waals surface area contributed by atoms with Gasteiger partial charge in [0.25, 0.3) is 5.91 Å². The number of aliphatic hydroxyl groups excluding tert-OH is 3. The van der Waals surface area contributed by atoms with E-state index in [1.165, 1.54) is 25.1 Å². The number of Topliss-reactive ketones (excluding diaryl/α,β-unsaturated/α-hetero) is 2. The van der Waals surface area contributed by atoms with E-state index in [-0.39, 0.29) is 16.9 Å². The van der Waals surface area contributed by atoms with Crippen LogP contribution in [0.5, 0.6) is 5.75 Å². The van der Waals surface area contributed by atoms with Crippen LogP contribution in [0.2, 0.25) is 0 Å². The summed E-state index contributed by atoms with van der Waals surface area (Å²) in [6.45, 7) is 4.19. The Hall–Kier alpha value is -2.86. The Labute approximate surface area is 224 Å². The van der Waals surface area contributed by atoms with Crippen molar-refractivity contribution in [1.82, 2.24) is 4.90 Å². The van der Waals surface area contributed by atoms with Gasteiger partial charge in [0.15, 0.2) is 11.4 Å². The maximum Gasteiger partial charge on any atom is 0.255 e. The molecule has 1 aromatic rings. The van der Waals surface area contributed by atoms with Crippen LogP contribution in [0.4, 0.5) is 0 Å². The standard InChI is InChI=1S/C27H34N2O8S/c1-11(2)8-9-38-10-13-12-6-5-7-14(30)15(12)21(31)17-16(13)22(32)19-20(29(3)4)23(33)18(26(28)36)25(35)27(19,37)24(17)34/h5-7,11,13,16,19-20,22,30-32,35,37H,8-10H2,1-4H3,(H2,28,36)/t13-,16?,19?,20-,22?,27-/m0/s1. The molecule has 7 N–H and O–H groups in total. The average Bonchev–Trinajstić information content (AvgIpc) is 2.82. The lowest BCUT2D eigenvalue weighted by atomic mass is 9.54. The minimum absolute atomic E-state index is 0.00505. The topological polar surface area (TPSA) is 182 Å². The van der Waals surface area contributed by atoms with Gasteiger partial charge in [-0.05, 0) is 43.8 Å². The summed E-state index contributed by atoms with van der Waals surface area (Å²) in [4.78, 5) is 40.9. The maximum absolute atomic E-state index is 14.1. The van der Waals surface area contributed by atoms with Crippen LogP contribution in [0.25, 0.3) is 5.76 Å². The van der Waals surface area contributed by atoms with Gasteiger partial charge < -0.3 is 31.3 Å². The quantitative estimate of drug-likeness (QED) is 0.215. The smallest absolute Gasteiger partial charge is 0.255 e. The second-order valence-electron chi connectivity index (χ2n) is 10.9. The molecule has 0 heterocycles. The number of thioether (sulfide) groups is 1. The number of aromatic hydroxyl groups is 1. The fourth-order valence-corrected chi connectivity index (χ4v) is 7.57. The second kappa shape index (κ2) is 10.0. The number of nitrogens with two attached hydrogens (primary N) is 1. The molecular weight excluding hydrogens is 512 g/mol. The van der Waals surface area contributed by atoms with Crippen molar-refractivity contribution >= 4 is 35.0 Å². The second-order valence-corrected chi connectivity index (χ2v) is 12.0. The number of hydrogen-bond acceptors (Lipinski definition) is 10. The van der Waals surface area contributed by atoms with Crippen LogP contribution in [0.15, 0.2) is 35.1 Å². The largest absolute Gasteiger partial charge is 0.508 e. The molecule has 1 saturated carbocycles. The minimum Gasteiger partial charge on any atom is -0.508 e. The highest BCUT2D eigenvalue weighted by Crippen LogP contribution is 2.56. The highest BCUT2D eigenvalue weighted by Gasteiger charge is 2.68. The lowest BCUT2D eigenvalue weighted by Gasteiger charge is -2.54. The Morgan fingerprint density at radius 1 is 1.18 bits per heavy atom. The summed E-state index contributed by atoms with van der Waals surface area (Å²) in [5.41, 5.74) is 1.66. The molecular formula is C27H34N2O8S. The molecule has 3 aliphatic carbocycles. The van der Waals surface area contributed by atoms with Crippen molar-refractivity contribution in [3.8, 4) is 5.75 Å². The Morgan fingerprint density at radius 3 is 2.42 bits per heavy atom. The number of fused-ring (bicyclic) bond motifs is 3. The first-order valence-electron chi connectivity index (χ1n) is 12.5. The highest BCUT2D eigenvalue weighted by molar-refractivity contribution is 7.99. The van der Waals surface area contributed by atoms with Crippen LogP contribution in [0.3, 0.4) is 0 Å². The molecule has 1 amide bonds. The van der Waals surface area contributed by atoms with Gasteiger partial charge in [0.05, 0.1) is 23.6 Å². The summed E-state index contributed by atoms with van der Waals surface area (Å²) in [5, 5.41) is 56.5. The predicted octanol–water partition coefficient (Wildman–Crippen LogP) is 1.26. The third kappa shape index (κ3) is 4.03. The summed E-state index contributed by atoms with van der Waals surface area (Å²) >= 11 is 1.59. The first kappa shape index (κ1) is 28.2. The normalized spacial score (nSPS) is 31.0. The number of amides is 1. The molecule has 0 radical (unpaired) electrons. The predicted molar refractivity (Wildman–Crippen MR) is 141 cm³/mol. The zero-order valence-corrected chi connectivity index (χ0v) is 22.5. The summed E-state index contributed by atoms with van der Waals surface area (Å²) < 4.78 is 0. The average molecular weight is 547 g/mol. The van der Waals surface area contributed by atoms with Gasteiger partial charge in [-0.1, -0.05) is 26.0 Å². The van der Waals surface area contributed by atoms with Crippen LogP contribution < -0.4 is 5.73 Å². The number of rotatable bonds is 7. The number of primary amides is 1. The van der Waals surface area contributed by atoms with Crippen molar-refractivity contribution in [2.45, 2.75) is 43.9 Å².